The molecule has 20 heavy (non-hydrogen) atoms. The van der Waals surface area contributed by atoms with Gasteiger partial charge in [-0.05, 0) is 26.7 Å². The van der Waals surface area contributed by atoms with E-state index in [1.807, 2.05) is 27.7 Å². The van der Waals surface area contributed by atoms with Crippen molar-refractivity contribution in [3.05, 3.63) is 0 Å². The van der Waals surface area contributed by atoms with Crippen LogP contribution in [0.3, 0.4) is 0 Å². The Morgan fingerprint density at radius 2 is 1.70 bits per heavy atom. The van der Waals surface area contributed by atoms with Gasteiger partial charge in [-0.15, -0.1) is 0 Å². The summed E-state index contributed by atoms with van der Waals surface area (Å²) < 4.78 is 5.68. The quantitative estimate of drug-likeness (QED) is 0.778. The maximum atomic E-state index is 12.4. The Bertz CT molecular complexity index is 349. The number of carboxylic acid groups (broad SMARTS) is 1. The summed E-state index contributed by atoms with van der Waals surface area (Å²) in [6.07, 6.45) is 0.148. The molecule has 0 radical (unpaired) electrons. The number of hydrogen-bond donors (Lipinski definition) is 2. The predicted molar refractivity (Wildman–Crippen MR) is 75.4 cm³/mol. The third-order valence-electron chi connectivity index (χ3n) is 3.47. The number of nitrogens with one attached hydrogen (secondary N) is 1. The molecule has 6 heteroatoms. The Balaban J connectivity index is 2.77. The standard InChI is InChI=1S/C14H26N2O4/c1-8(2)12(13(17)15-11(5)14(18)19)16-6-9(3)20-10(4)7-16/h8-12H,6-7H2,1-5H3,(H,15,17)(H,18,19)/t9-,10-,11+,12+/m1/s1. The average molecular weight is 286 g/mol. The van der Waals surface area contributed by atoms with Gasteiger partial charge in [0, 0.05) is 13.1 Å². The Morgan fingerprint density at radius 3 is 2.10 bits per heavy atom. The van der Waals surface area contributed by atoms with Crippen molar-refractivity contribution < 1.29 is 19.4 Å². The van der Waals surface area contributed by atoms with Gasteiger partial charge in [0.25, 0.3) is 0 Å². The van der Waals surface area contributed by atoms with E-state index in [-0.39, 0.29) is 30.1 Å². The smallest absolute Gasteiger partial charge is 0.325 e. The van der Waals surface area contributed by atoms with Crippen LogP contribution in [0.1, 0.15) is 34.6 Å². The molecule has 0 unspecified atom stereocenters. The molecule has 0 spiro atoms. The van der Waals surface area contributed by atoms with E-state index in [9.17, 15) is 9.59 Å². The van der Waals surface area contributed by atoms with E-state index < -0.39 is 12.0 Å². The fourth-order valence-electron chi connectivity index (χ4n) is 2.70. The van der Waals surface area contributed by atoms with Crippen molar-refractivity contribution in [2.45, 2.75) is 58.9 Å². The lowest BCUT2D eigenvalue weighted by molar-refractivity contribution is -0.144. The molecular formula is C14H26N2O4. The lowest BCUT2D eigenvalue weighted by Crippen LogP contribution is -2.58. The Labute approximate surface area is 120 Å². The number of amides is 1. The Morgan fingerprint density at radius 1 is 1.20 bits per heavy atom. The second-order valence-corrected chi connectivity index (χ2v) is 5.97. The first-order valence-electron chi connectivity index (χ1n) is 7.15. The van der Waals surface area contributed by atoms with E-state index in [1.54, 1.807) is 0 Å². The van der Waals surface area contributed by atoms with Gasteiger partial charge in [-0.1, -0.05) is 13.8 Å². The number of aliphatic carboxylic acids is 1. The molecule has 1 aliphatic rings. The van der Waals surface area contributed by atoms with Gasteiger partial charge in [0.05, 0.1) is 18.2 Å². The number of rotatable bonds is 5. The number of hydrogen-bond acceptors (Lipinski definition) is 4. The van der Waals surface area contributed by atoms with Gasteiger partial charge >= 0.3 is 5.97 Å². The van der Waals surface area contributed by atoms with Gasteiger partial charge in [0.1, 0.15) is 6.04 Å². The molecule has 0 aliphatic carbocycles. The van der Waals surface area contributed by atoms with Crippen LogP contribution in [0.2, 0.25) is 0 Å². The summed E-state index contributed by atoms with van der Waals surface area (Å²) in [6, 6.07) is -1.20. The number of ether oxygens (including phenoxy) is 1. The van der Waals surface area contributed by atoms with Gasteiger partial charge < -0.3 is 15.2 Å². The van der Waals surface area contributed by atoms with Crippen molar-refractivity contribution in [3.63, 3.8) is 0 Å². The first-order valence-corrected chi connectivity index (χ1v) is 7.15. The van der Waals surface area contributed by atoms with Crippen molar-refractivity contribution in [1.29, 1.82) is 0 Å². The molecule has 0 saturated carbocycles. The number of carboxylic acids is 1. The normalized spacial score (nSPS) is 27.1. The summed E-state index contributed by atoms with van der Waals surface area (Å²) in [7, 11) is 0. The van der Waals surface area contributed by atoms with Gasteiger partial charge in [-0.25, -0.2) is 0 Å². The number of carbonyl (C=O) groups excluding carboxylic acids is 1. The van der Waals surface area contributed by atoms with Gasteiger partial charge in [0.2, 0.25) is 5.91 Å². The molecule has 4 atom stereocenters. The van der Waals surface area contributed by atoms with Crippen LogP contribution in [0.15, 0.2) is 0 Å². The first kappa shape index (κ1) is 16.9. The summed E-state index contributed by atoms with van der Waals surface area (Å²) >= 11 is 0. The van der Waals surface area contributed by atoms with Gasteiger partial charge in [-0.2, -0.15) is 0 Å². The summed E-state index contributed by atoms with van der Waals surface area (Å²) in [4.78, 5) is 25.3. The number of morpholine rings is 1. The van der Waals surface area contributed by atoms with E-state index in [0.717, 1.165) is 0 Å². The maximum Gasteiger partial charge on any atom is 0.325 e. The minimum atomic E-state index is -1.02. The molecule has 1 aliphatic heterocycles. The molecule has 1 saturated heterocycles. The monoisotopic (exact) mass is 286 g/mol. The molecule has 116 valence electrons. The second kappa shape index (κ2) is 7.04. The molecule has 1 rings (SSSR count). The highest BCUT2D eigenvalue weighted by Gasteiger charge is 2.35. The zero-order chi connectivity index (χ0) is 15.4. The third-order valence-corrected chi connectivity index (χ3v) is 3.47. The molecule has 2 N–H and O–H groups in total. The topological polar surface area (TPSA) is 78.9 Å². The highest BCUT2D eigenvalue weighted by Crippen LogP contribution is 2.18. The predicted octanol–water partition coefficient (Wildman–Crippen LogP) is 0.710. The van der Waals surface area contributed by atoms with E-state index in [2.05, 4.69) is 10.2 Å². The Kier molecular flexibility index (Phi) is 5.95. The lowest BCUT2D eigenvalue weighted by Gasteiger charge is -2.41. The number of carbonyl (C=O) groups is 2. The minimum absolute atomic E-state index is 0.0738. The molecule has 1 heterocycles. The molecule has 6 nitrogen and oxygen atoms in total. The summed E-state index contributed by atoms with van der Waals surface area (Å²) in [5, 5.41) is 11.5. The van der Waals surface area contributed by atoms with Crippen molar-refractivity contribution in [2.75, 3.05) is 13.1 Å². The maximum absolute atomic E-state index is 12.4. The van der Waals surface area contributed by atoms with Crippen LogP contribution in [0.4, 0.5) is 0 Å². The van der Waals surface area contributed by atoms with Crippen molar-refractivity contribution >= 4 is 11.9 Å². The molecular weight excluding hydrogens is 260 g/mol. The van der Waals surface area contributed by atoms with E-state index in [0.29, 0.717) is 13.1 Å². The minimum Gasteiger partial charge on any atom is -0.480 e. The fraction of sp³-hybridized carbons (Fsp3) is 0.857. The van der Waals surface area contributed by atoms with E-state index in [4.69, 9.17) is 9.84 Å². The second-order valence-electron chi connectivity index (χ2n) is 5.97. The first-order chi connectivity index (χ1) is 9.22. The number of nitrogens with zero attached hydrogens (tertiary/aromatic N) is 1. The highest BCUT2D eigenvalue weighted by molar-refractivity contribution is 5.86. The largest absolute Gasteiger partial charge is 0.480 e. The van der Waals surface area contributed by atoms with Crippen molar-refractivity contribution in [3.8, 4) is 0 Å². The van der Waals surface area contributed by atoms with Gasteiger partial charge in [0.15, 0.2) is 0 Å². The Hall–Kier alpha value is -1.14. The fourth-order valence-corrected chi connectivity index (χ4v) is 2.70. The SMILES string of the molecule is CC(C)[C@@H](C(=O)N[C@@H](C)C(=O)O)N1C[C@@H](C)O[C@H](C)C1. The summed E-state index contributed by atoms with van der Waals surface area (Å²) in [5.74, 6) is -1.14. The summed E-state index contributed by atoms with van der Waals surface area (Å²) in [5.41, 5.74) is 0. The lowest BCUT2D eigenvalue weighted by atomic mass is 9.99. The van der Waals surface area contributed by atoms with Crippen LogP contribution in [-0.4, -0.2) is 59.3 Å². The third kappa shape index (κ3) is 4.45. The van der Waals surface area contributed by atoms with Crippen molar-refractivity contribution in [2.24, 2.45) is 5.92 Å². The van der Waals surface area contributed by atoms with Crippen molar-refractivity contribution in [1.82, 2.24) is 10.2 Å². The molecule has 0 bridgehead atoms. The van der Waals surface area contributed by atoms with Crippen LogP contribution in [0.5, 0.6) is 0 Å². The average Bonchev–Trinajstić information content (AvgIpc) is 2.26. The zero-order valence-corrected chi connectivity index (χ0v) is 12.9. The summed E-state index contributed by atoms with van der Waals surface area (Å²) in [6.45, 7) is 10.8. The zero-order valence-electron chi connectivity index (χ0n) is 12.9. The van der Waals surface area contributed by atoms with Gasteiger partial charge in [-0.3, -0.25) is 14.5 Å². The molecule has 1 amide bonds. The van der Waals surface area contributed by atoms with Crippen LogP contribution < -0.4 is 5.32 Å². The van der Waals surface area contributed by atoms with E-state index in [1.165, 1.54) is 6.92 Å². The van der Waals surface area contributed by atoms with Crippen LogP contribution >= 0.6 is 0 Å². The molecule has 0 aromatic heterocycles. The molecule has 0 aromatic carbocycles. The van der Waals surface area contributed by atoms with E-state index >= 15 is 0 Å². The van der Waals surface area contributed by atoms with Crippen LogP contribution in [-0.2, 0) is 14.3 Å². The highest BCUT2D eigenvalue weighted by atomic mass is 16.5. The molecule has 1 fully saturated rings. The van der Waals surface area contributed by atoms with Crippen LogP contribution in [0.25, 0.3) is 0 Å². The molecule has 0 aromatic rings. The van der Waals surface area contributed by atoms with Crippen LogP contribution in [0, 0.1) is 5.92 Å².